The summed E-state index contributed by atoms with van der Waals surface area (Å²) in [7, 11) is 0. The van der Waals surface area contributed by atoms with Gasteiger partial charge in [0.1, 0.15) is 0 Å². The summed E-state index contributed by atoms with van der Waals surface area (Å²) in [6.45, 7) is 0.841. The van der Waals surface area contributed by atoms with Gasteiger partial charge in [-0.3, -0.25) is 4.68 Å². The highest BCUT2D eigenvalue weighted by Gasteiger charge is 2.31. The fraction of sp³-hybridized carbons (Fsp3) is 0.727. The fourth-order valence-corrected chi connectivity index (χ4v) is 2.26. The van der Waals surface area contributed by atoms with E-state index in [4.69, 9.17) is 5.73 Å². The topological polar surface area (TPSA) is 43.8 Å². The van der Waals surface area contributed by atoms with E-state index in [2.05, 4.69) is 22.0 Å². The van der Waals surface area contributed by atoms with E-state index in [0.29, 0.717) is 6.04 Å². The molecule has 1 aromatic rings. The van der Waals surface area contributed by atoms with Gasteiger partial charge >= 0.3 is 0 Å². The van der Waals surface area contributed by atoms with Crippen LogP contribution >= 0.6 is 0 Å². The summed E-state index contributed by atoms with van der Waals surface area (Å²) in [4.78, 5) is 0. The van der Waals surface area contributed by atoms with Crippen LogP contribution in [-0.4, -0.2) is 16.3 Å². The van der Waals surface area contributed by atoms with E-state index in [9.17, 15) is 0 Å². The second-order valence-corrected chi connectivity index (χ2v) is 4.72. The first kappa shape index (κ1) is 8.48. The molecule has 76 valence electrons. The van der Waals surface area contributed by atoms with E-state index in [-0.39, 0.29) is 0 Å². The van der Waals surface area contributed by atoms with E-state index >= 15 is 0 Å². The fourth-order valence-electron chi connectivity index (χ4n) is 2.26. The Morgan fingerprint density at radius 2 is 2.21 bits per heavy atom. The Morgan fingerprint density at radius 3 is 2.86 bits per heavy atom. The molecule has 2 aliphatic carbocycles. The van der Waals surface area contributed by atoms with Crippen molar-refractivity contribution in [2.24, 2.45) is 11.7 Å². The predicted molar refractivity (Wildman–Crippen MR) is 55.0 cm³/mol. The van der Waals surface area contributed by atoms with Crippen molar-refractivity contribution in [3.8, 4) is 0 Å². The van der Waals surface area contributed by atoms with E-state index in [0.717, 1.165) is 18.4 Å². The molecule has 0 spiro atoms. The molecule has 0 aromatic carbocycles. The van der Waals surface area contributed by atoms with Crippen LogP contribution in [0.15, 0.2) is 12.3 Å². The Balaban J connectivity index is 1.66. The molecular formula is C11H17N3. The molecule has 3 rings (SSSR count). The molecule has 0 amide bonds. The highest BCUT2D eigenvalue weighted by Crippen LogP contribution is 2.41. The van der Waals surface area contributed by atoms with Crippen molar-refractivity contribution < 1.29 is 0 Å². The van der Waals surface area contributed by atoms with Crippen LogP contribution in [0, 0.1) is 5.92 Å². The SMILES string of the molecule is NCC1CC(n2ccc(C3CC3)n2)C1. The third-order valence-corrected chi connectivity index (χ3v) is 3.54. The van der Waals surface area contributed by atoms with Crippen molar-refractivity contribution in [1.29, 1.82) is 0 Å². The number of aromatic nitrogens is 2. The molecule has 14 heavy (non-hydrogen) atoms. The quantitative estimate of drug-likeness (QED) is 0.789. The van der Waals surface area contributed by atoms with E-state index in [1.807, 2.05) is 0 Å². The molecule has 1 heterocycles. The van der Waals surface area contributed by atoms with Gasteiger partial charge < -0.3 is 5.73 Å². The normalized spacial score (nSPS) is 31.5. The first-order valence-electron chi connectivity index (χ1n) is 5.62. The minimum absolute atomic E-state index is 0.635. The minimum Gasteiger partial charge on any atom is -0.330 e. The number of hydrogen-bond acceptors (Lipinski definition) is 2. The smallest absolute Gasteiger partial charge is 0.0655 e. The molecule has 1 aromatic heterocycles. The summed E-state index contributed by atoms with van der Waals surface area (Å²) in [5.74, 6) is 1.52. The average Bonchev–Trinajstić information content (AvgIpc) is 2.86. The molecular weight excluding hydrogens is 174 g/mol. The number of nitrogens with two attached hydrogens (primary N) is 1. The Labute approximate surface area is 84.3 Å². The van der Waals surface area contributed by atoms with Crippen LogP contribution in [0.25, 0.3) is 0 Å². The largest absolute Gasteiger partial charge is 0.330 e. The van der Waals surface area contributed by atoms with Gasteiger partial charge in [-0.15, -0.1) is 0 Å². The highest BCUT2D eigenvalue weighted by molar-refractivity contribution is 5.13. The van der Waals surface area contributed by atoms with Gasteiger partial charge in [0.05, 0.1) is 11.7 Å². The molecule has 3 nitrogen and oxygen atoms in total. The second kappa shape index (κ2) is 3.09. The Kier molecular flexibility index (Phi) is 1.87. The molecule has 3 heteroatoms. The summed E-state index contributed by atoms with van der Waals surface area (Å²) in [6, 6.07) is 2.82. The van der Waals surface area contributed by atoms with Gasteiger partial charge in [-0.25, -0.2) is 0 Å². The summed E-state index contributed by atoms with van der Waals surface area (Å²) < 4.78 is 2.15. The van der Waals surface area contributed by atoms with Crippen molar-refractivity contribution >= 4 is 0 Å². The lowest BCUT2D eigenvalue weighted by Crippen LogP contribution is -2.32. The lowest BCUT2D eigenvalue weighted by molar-refractivity contribution is 0.189. The van der Waals surface area contributed by atoms with Gasteiger partial charge in [0.25, 0.3) is 0 Å². The van der Waals surface area contributed by atoms with Crippen LogP contribution in [0.2, 0.25) is 0 Å². The second-order valence-electron chi connectivity index (χ2n) is 4.72. The van der Waals surface area contributed by atoms with Crippen LogP contribution in [0.5, 0.6) is 0 Å². The van der Waals surface area contributed by atoms with Gasteiger partial charge in [-0.1, -0.05) is 0 Å². The Bertz CT molecular complexity index is 321. The summed E-state index contributed by atoms with van der Waals surface area (Å²) in [6.07, 6.45) is 7.27. The van der Waals surface area contributed by atoms with Crippen molar-refractivity contribution in [2.75, 3.05) is 6.54 Å². The number of rotatable bonds is 3. The zero-order valence-electron chi connectivity index (χ0n) is 8.39. The molecule has 2 fully saturated rings. The maximum absolute atomic E-state index is 5.61. The van der Waals surface area contributed by atoms with Gasteiger partial charge in [-0.05, 0) is 44.2 Å². The minimum atomic E-state index is 0.635. The first-order chi connectivity index (χ1) is 6.86. The third kappa shape index (κ3) is 1.36. The molecule has 2 saturated carbocycles. The zero-order chi connectivity index (χ0) is 9.54. The van der Waals surface area contributed by atoms with E-state index in [1.54, 1.807) is 0 Å². The number of hydrogen-bond donors (Lipinski definition) is 1. The van der Waals surface area contributed by atoms with Crippen LogP contribution in [0.4, 0.5) is 0 Å². The van der Waals surface area contributed by atoms with Gasteiger partial charge in [0.15, 0.2) is 0 Å². The molecule has 0 aliphatic heterocycles. The Morgan fingerprint density at radius 1 is 1.43 bits per heavy atom. The molecule has 0 atom stereocenters. The average molecular weight is 191 g/mol. The van der Waals surface area contributed by atoms with Crippen LogP contribution in [-0.2, 0) is 0 Å². The zero-order valence-corrected chi connectivity index (χ0v) is 8.39. The maximum atomic E-state index is 5.61. The Hall–Kier alpha value is -0.830. The lowest BCUT2D eigenvalue weighted by atomic mass is 9.80. The summed E-state index contributed by atoms with van der Waals surface area (Å²) in [5.41, 5.74) is 6.91. The summed E-state index contributed by atoms with van der Waals surface area (Å²) in [5, 5.41) is 4.64. The standard InChI is InChI=1S/C11H17N3/c12-7-8-5-10(6-8)14-4-3-11(13-14)9-1-2-9/h3-4,8-10H,1-2,5-7,12H2. The summed E-state index contributed by atoms with van der Waals surface area (Å²) >= 11 is 0. The van der Waals surface area contributed by atoms with Gasteiger partial charge in [0, 0.05) is 12.1 Å². The highest BCUT2D eigenvalue weighted by atomic mass is 15.3. The lowest BCUT2D eigenvalue weighted by Gasteiger charge is -2.34. The number of nitrogens with zero attached hydrogens (tertiary/aromatic N) is 2. The molecule has 0 radical (unpaired) electrons. The predicted octanol–water partition coefficient (Wildman–Crippen LogP) is 1.67. The van der Waals surface area contributed by atoms with Crippen molar-refractivity contribution in [3.05, 3.63) is 18.0 Å². The first-order valence-corrected chi connectivity index (χ1v) is 5.62. The van der Waals surface area contributed by atoms with Crippen LogP contribution in [0.1, 0.15) is 43.3 Å². The third-order valence-electron chi connectivity index (χ3n) is 3.54. The van der Waals surface area contributed by atoms with E-state index in [1.165, 1.54) is 31.4 Å². The van der Waals surface area contributed by atoms with Crippen LogP contribution in [0.3, 0.4) is 0 Å². The van der Waals surface area contributed by atoms with Crippen molar-refractivity contribution in [1.82, 2.24) is 9.78 Å². The van der Waals surface area contributed by atoms with Crippen molar-refractivity contribution in [3.63, 3.8) is 0 Å². The monoisotopic (exact) mass is 191 g/mol. The molecule has 2 aliphatic rings. The molecule has 0 unspecified atom stereocenters. The van der Waals surface area contributed by atoms with Crippen LogP contribution < -0.4 is 5.73 Å². The molecule has 2 N–H and O–H groups in total. The van der Waals surface area contributed by atoms with Gasteiger partial charge in [0.2, 0.25) is 0 Å². The molecule has 0 bridgehead atoms. The van der Waals surface area contributed by atoms with Gasteiger partial charge in [-0.2, -0.15) is 5.10 Å². The van der Waals surface area contributed by atoms with E-state index < -0.39 is 0 Å². The maximum Gasteiger partial charge on any atom is 0.0655 e. The molecule has 0 saturated heterocycles. The van der Waals surface area contributed by atoms with Crippen molar-refractivity contribution in [2.45, 2.75) is 37.6 Å².